The predicted octanol–water partition coefficient (Wildman–Crippen LogP) is 2.87. The van der Waals surface area contributed by atoms with Gasteiger partial charge in [-0.25, -0.2) is 0 Å². The summed E-state index contributed by atoms with van der Waals surface area (Å²) in [5, 5.41) is 18.3. The number of hydrogen-bond acceptors (Lipinski definition) is 6. The third-order valence-electron chi connectivity index (χ3n) is 3.37. The maximum Gasteiger partial charge on any atom is 0.243 e. The largest absolute Gasteiger partial charge is 0.507 e. The van der Waals surface area contributed by atoms with Crippen LogP contribution in [0.1, 0.15) is 5.56 Å². The quantitative estimate of drug-likeness (QED) is 0.685. The summed E-state index contributed by atoms with van der Waals surface area (Å²) in [6.07, 6.45) is 1.45. The molecule has 1 heterocycles. The van der Waals surface area contributed by atoms with Crippen molar-refractivity contribution in [2.45, 2.75) is 0 Å². The summed E-state index contributed by atoms with van der Waals surface area (Å²) in [6.45, 7) is 0. The predicted molar refractivity (Wildman–Crippen MR) is 96.1 cm³/mol. The molecule has 0 aliphatic carbocycles. The number of benzene rings is 2. The fourth-order valence-electron chi connectivity index (χ4n) is 2.22. The lowest BCUT2D eigenvalue weighted by molar-refractivity contribution is -0.115. The van der Waals surface area contributed by atoms with Gasteiger partial charge in [0.2, 0.25) is 5.91 Å². The number of ether oxygens (including phenoxy) is 1. The van der Waals surface area contributed by atoms with E-state index in [0.717, 1.165) is 0 Å². The minimum atomic E-state index is -0.0824. The Morgan fingerprint density at radius 1 is 1.21 bits per heavy atom. The number of phenols is 1. The van der Waals surface area contributed by atoms with E-state index < -0.39 is 0 Å². The SMILES string of the molecule is COc1ccccc1N1C(=O)CS/C1=N/N=C\c1ccccc1O. The second-order valence-corrected chi connectivity index (χ2v) is 5.82. The smallest absolute Gasteiger partial charge is 0.243 e. The molecule has 1 aliphatic rings. The van der Waals surface area contributed by atoms with Gasteiger partial charge in [0.25, 0.3) is 0 Å². The molecule has 3 rings (SSSR count). The van der Waals surface area contributed by atoms with E-state index in [1.165, 1.54) is 22.9 Å². The third-order valence-corrected chi connectivity index (χ3v) is 4.28. The lowest BCUT2D eigenvalue weighted by Gasteiger charge is -2.17. The highest BCUT2D eigenvalue weighted by Crippen LogP contribution is 2.33. The topological polar surface area (TPSA) is 74.5 Å². The van der Waals surface area contributed by atoms with E-state index in [-0.39, 0.29) is 11.7 Å². The van der Waals surface area contributed by atoms with Crippen LogP contribution in [-0.4, -0.2) is 35.3 Å². The van der Waals surface area contributed by atoms with Crippen molar-refractivity contribution in [2.24, 2.45) is 10.2 Å². The van der Waals surface area contributed by atoms with E-state index in [4.69, 9.17) is 4.74 Å². The highest BCUT2D eigenvalue weighted by atomic mass is 32.2. The summed E-state index contributed by atoms with van der Waals surface area (Å²) in [7, 11) is 1.56. The zero-order valence-electron chi connectivity index (χ0n) is 12.9. The molecule has 1 N–H and O–H groups in total. The van der Waals surface area contributed by atoms with Gasteiger partial charge in [0, 0.05) is 5.56 Å². The van der Waals surface area contributed by atoms with Crippen LogP contribution in [-0.2, 0) is 4.79 Å². The van der Waals surface area contributed by atoms with Crippen molar-refractivity contribution in [1.82, 2.24) is 0 Å². The summed E-state index contributed by atoms with van der Waals surface area (Å²) in [5.41, 5.74) is 1.19. The van der Waals surface area contributed by atoms with E-state index in [0.29, 0.717) is 27.9 Å². The number of phenolic OH excluding ortho intramolecular Hbond substituents is 1. The number of anilines is 1. The molecule has 2 aromatic rings. The molecule has 1 amide bonds. The van der Waals surface area contributed by atoms with Gasteiger partial charge >= 0.3 is 0 Å². The van der Waals surface area contributed by atoms with Crippen LogP contribution in [0.25, 0.3) is 0 Å². The average molecular weight is 341 g/mol. The first-order chi connectivity index (χ1) is 11.7. The van der Waals surface area contributed by atoms with Gasteiger partial charge < -0.3 is 9.84 Å². The van der Waals surface area contributed by atoms with Crippen LogP contribution in [0, 0.1) is 0 Å². The molecule has 2 aromatic carbocycles. The highest BCUT2D eigenvalue weighted by Gasteiger charge is 2.31. The maximum atomic E-state index is 12.2. The maximum absolute atomic E-state index is 12.2. The molecule has 6 nitrogen and oxygen atoms in total. The lowest BCUT2D eigenvalue weighted by Crippen LogP contribution is -2.29. The van der Waals surface area contributed by atoms with E-state index in [9.17, 15) is 9.90 Å². The van der Waals surface area contributed by atoms with Gasteiger partial charge in [-0.05, 0) is 24.3 Å². The average Bonchev–Trinajstić information content (AvgIpc) is 2.97. The molecule has 1 aliphatic heterocycles. The van der Waals surface area contributed by atoms with Crippen molar-refractivity contribution in [3.63, 3.8) is 0 Å². The molecule has 0 atom stereocenters. The zero-order chi connectivity index (χ0) is 16.9. The molecule has 0 saturated carbocycles. The van der Waals surface area contributed by atoms with Gasteiger partial charge in [0.1, 0.15) is 11.5 Å². The van der Waals surface area contributed by atoms with Gasteiger partial charge in [-0.15, -0.1) is 5.10 Å². The number of aromatic hydroxyl groups is 1. The summed E-state index contributed by atoms with van der Waals surface area (Å²) >= 11 is 1.31. The zero-order valence-corrected chi connectivity index (χ0v) is 13.7. The number of para-hydroxylation sites is 3. The number of methoxy groups -OCH3 is 1. The van der Waals surface area contributed by atoms with E-state index in [1.807, 2.05) is 12.1 Å². The molecule has 0 unspecified atom stereocenters. The number of nitrogens with zero attached hydrogens (tertiary/aromatic N) is 3. The van der Waals surface area contributed by atoms with Crippen molar-refractivity contribution in [1.29, 1.82) is 0 Å². The van der Waals surface area contributed by atoms with E-state index in [2.05, 4.69) is 10.2 Å². The first kappa shape index (κ1) is 16.1. The Hall–Kier alpha value is -2.80. The summed E-state index contributed by atoms with van der Waals surface area (Å²) in [4.78, 5) is 13.7. The number of amides is 1. The Bertz CT molecular complexity index is 820. The number of thioether (sulfide) groups is 1. The molecule has 24 heavy (non-hydrogen) atoms. The van der Waals surface area contributed by atoms with E-state index in [1.54, 1.807) is 43.5 Å². The summed E-state index contributed by atoms with van der Waals surface area (Å²) in [5.74, 6) is 0.924. The third kappa shape index (κ3) is 3.26. The second kappa shape index (κ2) is 7.18. The number of rotatable bonds is 4. The Balaban J connectivity index is 1.89. The number of hydrogen-bond donors (Lipinski definition) is 1. The second-order valence-electron chi connectivity index (χ2n) is 4.88. The molecule has 0 radical (unpaired) electrons. The molecule has 1 fully saturated rings. The summed E-state index contributed by atoms with van der Waals surface area (Å²) < 4.78 is 5.31. The van der Waals surface area contributed by atoms with Crippen molar-refractivity contribution < 1.29 is 14.6 Å². The van der Waals surface area contributed by atoms with Crippen molar-refractivity contribution in [2.75, 3.05) is 17.8 Å². The Labute approximate surface area is 143 Å². The van der Waals surface area contributed by atoms with Gasteiger partial charge in [-0.1, -0.05) is 36.0 Å². The minimum absolute atomic E-state index is 0.0824. The van der Waals surface area contributed by atoms with Gasteiger partial charge in [0.05, 0.1) is 24.8 Å². The molecule has 7 heteroatoms. The fourth-order valence-corrected chi connectivity index (χ4v) is 3.04. The van der Waals surface area contributed by atoms with Crippen LogP contribution in [0.5, 0.6) is 11.5 Å². The van der Waals surface area contributed by atoms with Crippen molar-refractivity contribution >= 4 is 34.7 Å². The first-order valence-electron chi connectivity index (χ1n) is 7.18. The molecule has 0 spiro atoms. The van der Waals surface area contributed by atoms with Crippen LogP contribution < -0.4 is 9.64 Å². The molecular formula is C17H15N3O3S. The van der Waals surface area contributed by atoms with Crippen LogP contribution in [0.3, 0.4) is 0 Å². The van der Waals surface area contributed by atoms with Crippen molar-refractivity contribution in [3.05, 3.63) is 54.1 Å². The first-order valence-corrected chi connectivity index (χ1v) is 8.17. The minimum Gasteiger partial charge on any atom is -0.507 e. The number of amidine groups is 1. The van der Waals surface area contributed by atoms with Gasteiger partial charge in [-0.3, -0.25) is 9.69 Å². The Morgan fingerprint density at radius 2 is 1.96 bits per heavy atom. The lowest BCUT2D eigenvalue weighted by atomic mass is 10.2. The number of carbonyl (C=O) groups excluding carboxylic acids is 1. The summed E-state index contributed by atoms with van der Waals surface area (Å²) in [6, 6.07) is 14.1. The normalized spacial score (nSPS) is 16.3. The van der Waals surface area contributed by atoms with Crippen LogP contribution >= 0.6 is 11.8 Å². The van der Waals surface area contributed by atoms with Crippen LogP contribution in [0.4, 0.5) is 5.69 Å². The van der Waals surface area contributed by atoms with Gasteiger partial charge in [-0.2, -0.15) is 5.10 Å². The van der Waals surface area contributed by atoms with Crippen molar-refractivity contribution in [3.8, 4) is 11.5 Å². The van der Waals surface area contributed by atoms with E-state index >= 15 is 0 Å². The standard InChI is InChI=1S/C17H15N3O3S/c1-23-15-9-5-3-7-13(15)20-16(22)11-24-17(20)19-18-10-12-6-2-4-8-14(12)21/h2-10,21H,11H2,1H3/b18-10-,19-17+. The molecule has 1 saturated heterocycles. The molecule has 0 aromatic heterocycles. The molecule has 122 valence electrons. The highest BCUT2D eigenvalue weighted by molar-refractivity contribution is 8.15. The molecular weight excluding hydrogens is 326 g/mol. The van der Waals surface area contributed by atoms with Gasteiger partial charge in [0.15, 0.2) is 5.17 Å². The fraction of sp³-hybridized carbons (Fsp3) is 0.118. The Kier molecular flexibility index (Phi) is 4.81. The van der Waals surface area contributed by atoms with Crippen LogP contribution in [0.2, 0.25) is 0 Å². The Morgan fingerprint density at radius 3 is 2.75 bits per heavy atom. The number of carbonyl (C=O) groups is 1. The monoisotopic (exact) mass is 341 g/mol. The molecule has 0 bridgehead atoms. The van der Waals surface area contributed by atoms with Crippen LogP contribution in [0.15, 0.2) is 58.7 Å².